The zero-order valence-corrected chi connectivity index (χ0v) is 14.4. The van der Waals surface area contributed by atoms with E-state index in [0.717, 1.165) is 51.9 Å². The average Bonchev–Trinajstić information content (AvgIpc) is 3.33. The molecule has 0 aliphatic carbocycles. The Hall–Kier alpha value is -2.82. The number of ether oxygens (including phenoxy) is 5. The van der Waals surface area contributed by atoms with E-state index in [1.54, 1.807) is 0 Å². The minimum Gasteiger partial charge on any atom is -0.492 e. The fraction of sp³-hybridized carbons (Fsp3) is 0.333. The van der Waals surface area contributed by atoms with Crippen molar-refractivity contribution in [2.75, 3.05) is 13.4 Å². The first-order valence-electron chi connectivity index (χ1n) is 8.89. The predicted octanol–water partition coefficient (Wildman–Crippen LogP) is 3.90. The molecule has 4 aliphatic heterocycles. The number of rotatable bonds is 1. The van der Waals surface area contributed by atoms with Crippen LogP contribution < -0.4 is 23.7 Å². The second-order valence-electron chi connectivity index (χ2n) is 7.35. The van der Waals surface area contributed by atoms with Crippen LogP contribution in [0.3, 0.4) is 0 Å². The van der Waals surface area contributed by atoms with Crippen molar-refractivity contribution in [1.82, 2.24) is 0 Å². The van der Waals surface area contributed by atoms with E-state index in [4.69, 9.17) is 23.7 Å². The third kappa shape index (κ3) is 1.86. The van der Waals surface area contributed by atoms with Crippen LogP contribution in [-0.4, -0.2) is 19.5 Å². The van der Waals surface area contributed by atoms with Crippen LogP contribution in [0.25, 0.3) is 0 Å². The van der Waals surface area contributed by atoms with Crippen LogP contribution in [0.1, 0.15) is 35.6 Å². The maximum Gasteiger partial charge on any atom is 0.231 e. The molecule has 26 heavy (non-hydrogen) atoms. The van der Waals surface area contributed by atoms with Gasteiger partial charge in [-0.25, -0.2) is 0 Å². The van der Waals surface area contributed by atoms with Crippen molar-refractivity contribution < 1.29 is 23.7 Å². The molecule has 4 heterocycles. The Kier molecular flexibility index (Phi) is 2.69. The Bertz CT molecular complexity index is 963. The molecule has 2 aromatic carbocycles. The molecule has 132 valence electrons. The summed E-state index contributed by atoms with van der Waals surface area (Å²) in [6.07, 6.45) is 0.840. The van der Waals surface area contributed by atoms with E-state index >= 15 is 0 Å². The molecule has 5 heteroatoms. The van der Waals surface area contributed by atoms with Gasteiger partial charge in [0.1, 0.15) is 29.5 Å². The molecule has 1 unspecified atom stereocenters. The maximum atomic E-state index is 6.32. The first kappa shape index (κ1) is 14.4. The SMILES string of the molecule is C=C(C)C1Cc2cc3c(cc2O1)OC[C@H]1c2cc4c(cc2O[C@@H]31)OCO4. The summed E-state index contributed by atoms with van der Waals surface area (Å²) in [4.78, 5) is 0. The normalized spacial score (nSPS) is 26.0. The molecule has 3 atom stereocenters. The van der Waals surface area contributed by atoms with E-state index in [0.29, 0.717) is 6.61 Å². The third-order valence-corrected chi connectivity index (χ3v) is 5.67. The van der Waals surface area contributed by atoms with Gasteiger partial charge in [0.05, 0.1) is 12.5 Å². The third-order valence-electron chi connectivity index (χ3n) is 5.67. The van der Waals surface area contributed by atoms with Gasteiger partial charge in [-0.3, -0.25) is 0 Å². The minimum absolute atomic E-state index is 0.0450. The summed E-state index contributed by atoms with van der Waals surface area (Å²) in [7, 11) is 0. The van der Waals surface area contributed by atoms with E-state index in [2.05, 4.69) is 12.6 Å². The Morgan fingerprint density at radius 2 is 1.69 bits per heavy atom. The topological polar surface area (TPSA) is 46.2 Å². The van der Waals surface area contributed by atoms with Gasteiger partial charge in [0, 0.05) is 29.7 Å². The molecule has 0 aromatic heterocycles. The lowest BCUT2D eigenvalue weighted by Crippen LogP contribution is -2.23. The molecule has 6 rings (SSSR count). The predicted molar refractivity (Wildman–Crippen MR) is 93.5 cm³/mol. The summed E-state index contributed by atoms with van der Waals surface area (Å²) in [6.45, 7) is 6.87. The van der Waals surface area contributed by atoms with Crippen LogP contribution in [0.2, 0.25) is 0 Å². The average molecular weight is 350 g/mol. The molecule has 0 fully saturated rings. The van der Waals surface area contributed by atoms with Crippen LogP contribution in [0.5, 0.6) is 28.7 Å². The van der Waals surface area contributed by atoms with Gasteiger partial charge >= 0.3 is 0 Å². The molecule has 0 N–H and O–H groups in total. The first-order valence-corrected chi connectivity index (χ1v) is 8.89. The van der Waals surface area contributed by atoms with Gasteiger partial charge in [-0.1, -0.05) is 6.58 Å². The van der Waals surface area contributed by atoms with Gasteiger partial charge in [-0.15, -0.1) is 0 Å². The van der Waals surface area contributed by atoms with Gasteiger partial charge in [0.2, 0.25) is 6.79 Å². The lowest BCUT2D eigenvalue weighted by molar-refractivity contribution is 0.138. The van der Waals surface area contributed by atoms with Crippen LogP contribution in [0.4, 0.5) is 0 Å². The molecule has 2 aromatic rings. The highest BCUT2D eigenvalue weighted by molar-refractivity contribution is 5.59. The second kappa shape index (κ2) is 4.87. The Morgan fingerprint density at radius 3 is 2.54 bits per heavy atom. The summed E-state index contributed by atoms with van der Waals surface area (Å²) in [5.41, 5.74) is 4.44. The van der Waals surface area contributed by atoms with E-state index < -0.39 is 0 Å². The summed E-state index contributed by atoms with van der Waals surface area (Å²) in [5, 5.41) is 0. The van der Waals surface area contributed by atoms with Gasteiger partial charge in [0.15, 0.2) is 11.5 Å². The number of hydrogen-bond acceptors (Lipinski definition) is 5. The Labute approximate surface area is 151 Å². The van der Waals surface area contributed by atoms with Crippen molar-refractivity contribution in [2.24, 2.45) is 0 Å². The number of fused-ring (bicyclic) bond motifs is 7. The summed E-state index contributed by atoms with van der Waals surface area (Å²) < 4.78 is 29.4. The molecule has 0 saturated carbocycles. The lowest BCUT2D eigenvalue weighted by atomic mass is 9.88. The van der Waals surface area contributed by atoms with Crippen molar-refractivity contribution in [3.8, 4) is 28.7 Å². The van der Waals surface area contributed by atoms with Crippen molar-refractivity contribution in [3.63, 3.8) is 0 Å². The molecule has 0 bridgehead atoms. The van der Waals surface area contributed by atoms with Gasteiger partial charge in [-0.2, -0.15) is 0 Å². The molecular formula is C21H18O5. The quantitative estimate of drug-likeness (QED) is 0.730. The smallest absolute Gasteiger partial charge is 0.231 e. The highest BCUT2D eigenvalue weighted by Gasteiger charge is 2.43. The zero-order valence-electron chi connectivity index (χ0n) is 14.4. The molecular weight excluding hydrogens is 332 g/mol. The van der Waals surface area contributed by atoms with Crippen LogP contribution >= 0.6 is 0 Å². The van der Waals surface area contributed by atoms with Crippen molar-refractivity contribution in [3.05, 3.63) is 53.1 Å². The van der Waals surface area contributed by atoms with E-state index in [9.17, 15) is 0 Å². The minimum atomic E-state index is -0.0505. The highest BCUT2D eigenvalue weighted by Crippen LogP contribution is 2.55. The molecule has 4 aliphatic rings. The highest BCUT2D eigenvalue weighted by atomic mass is 16.7. The van der Waals surface area contributed by atoms with Crippen LogP contribution in [-0.2, 0) is 6.42 Å². The summed E-state index contributed by atoms with van der Waals surface area (Å²) in [6, 6.07) is 8.15. The van der Waals surface area contributed by atoms with Crippen LogP contribution in [0, 0.1) is 0 Å². The maximum absolute atomic E-state index is 6.32. The standard InChI is InChI=1S/C21H18O5/c1-10(2)15-4-11-3-13-17(6-16(11)25-15)22-8-14-12-5-19-20(24-9-23-19)7-18(12)26-21(13)14/h3,5-7,14-15,21H,1,4,8-9H2,2H3/t14-,15?,21-/m0/s1. The molecule has 0 radical (unpaired) electrons. The monoisotopic (exact) mass is 350 g/mol. The summed E-state index contributed by atoms with van der Waals surface area (Å²) >= 11 is 0. The summed E-state index contributed by atoms with van der Waals surface area (Å²) in [5.74, 6) is 4.29. The first-order chi connectivity index (χ1) is 12.7. The van der Waals surface area contributed by atoms with E-state index in [1.807, 2.05) is 25.1 Å². The van der Waals surface area contributed by atoms with Crippen molar-refractivity contribution in [2.45, 2.75) is 31.5 Å². The van der Waals surface area contributed by atoms with E-state index in [-0.39, 0.29) is 24.9 Å². The molecule has 0 amide bonds. The Balaban J connectivity index is 1.40. The van der Waals surface area contributed by atoms with Crippen molar-refractivity contribution in [1.29, 1.82) is 0 Å². The molecule has 0 saturated heterocycles. The Morgan fingerprint density at radius 1 is 0.885 bits per heavy atom. The number of benzene rings is 2. The fourth-order valence-electron chi connectivity index (χ4n) is 4.26. The fourth-order valence-corrected chi connectivity index (χ4v) is 4.26. The lowest BCUT2D eigenvalue weighted by Gasteiger charge is -2.28. The largest absolute Gasteiger partial charge is 0.492 e. The van der Waals surface area contributed by atoms with Crippen molar-refractivity contribution >= 4 is 0 Å². The van der Waals surface area contributed by atoms with Crippen LogP contribution in [0.15, 0.2) is 36.4 Å². The van der Waals surface area contributed by atoms with E-state index in [1.165, 1.54) is 5.56 Å². The zero-order chi connectivity index (χ0) is 17.4. The van der Waals surface area contributed by atoms with Gasteiger partial charge in [-0.05, 0) is 30.2 Å². The molecule has 0 spiro atoms. The second-order valence-corrected chi connectivity index (χ2v) is 7.35. The number of hydrogen-bond donors (Lipinski definition) is 0. The van der Waals surface area contributed by atoms with Gasteiger partial charge in [0.25, 0.3) is 0 Å². The molecule has 5 nitrogen and oxygen atoms in total. The van der Waals surface area contributed by atoms with Gasteiger partial charge < -0.3 is 23.7 Å².